The fourth-order valence-corrected chi connectivity index (χ4v) is 2.08. The summed E-state index contributed by atoms with van der Waals surface area (Å²) in [6.07, 6.45) is 1.36. The Bertz CT molecular complexity index is 384. The molecule has 0 bridgehead atoms. The average molecular weight is 239 g/mol. The molecule has 1 saturated heterocycles. The van der Waals surface area contributed by atoms with Gasteiger partial charge in [-0.3, -0.25) is 0 Å². The highest BCUT2D eigenvalue weighted by Gasteiger charge is 2.32. The van der Waals surface area contributed by atoms with Gasteiger partial charge < -0.3 is 15.5 Å². The average Bonchev–Trinajstić information content (AvgIpc) is 2.70. The summed E-state index contributed by atoms with van der Waals surface area (Å²) in [6.45, 7) is 0.813. The molecule has 0 aromatic carbocycles. The summed E-state index contributed by atoms with van der Waals surface area (Å²) in [6, 6.07) is 1.84. The molecule has 17 heavy (non-hydrogen) atoms. The SMILES string of the molecule is CN(C)c1nccc(N2C[C@@H](F)C[C@@H]2CN)n1. The van der Waals surface area contributed by atoms with E-state index < -0.39 is 6.17 Å². The highest BCUT2D eigenvalue weighted by Crippen LogP contribution is 2.25. The molecular weight excluding hydrogens is 221 g/mol. The molecule has 1 aromatic rings. The van der Waals surface area contributed by atoms with Gasteiger partial charge in [-0.15, -0.1) is 0 Å². The molecule has 0 radical (unpaired) electrons. The molecule has 1 fully saturated rings. The van der Waals surface area contributed by atoms with Crippen LogP contribution in [0.25, 0.3) is 0 Å². The van der Waals surface area contributed by atoms with Crippen LogP contribution in [0.15, 0.2) is 12.3 Å². The standard InChI is InChI=1S/C11H18FN5/c1-16(2)11-14-4-3-10(15-11)17-7-8(12)5-9(17)6-13/h3-4,8-9H,5-7,13H2,1-2H3/t8-,9+/m0/s1. The predicted molar refractivity (Wildman–Crippen MR) is 66.1 cm³/mol. The van der Waals surface area contributed by atoms with E-state index in [9.17, 15) is 4.39 Å². The largest absolute Gasteiger partial charge is 0.349 e. The Morgan fingerprint density at radius 2 is 2.35 bits per heavy atom. The van der Waals surface area contributed by atoms with E-state index in [-0.39, 0.29) is 6.04 Å². The van der Waals surface area contributed by atoms with Gasteiger partial charge in [0.2, 0.25) is 5.95 Å². The van der Waals surface area contributed by atoms with Gasteiger partial charge in [0.05, 0.1) is 6.54 Å². The van der Waals surface area contributed by atoms with Gasteiger partial charge in [-0.25, -0.2) is 9.37 Å². The quantitative estimate of drug-likeness (QED) is 0.828. The fourth-order valence-electron chi connectivity index (χ4n) is 2.08. The van der Waals surface area contributed by atoms with Crippen molar-refractivity contribution in [1.29, 1.82) is 0 Å². The van der Waals surface area contributed by atoms with Gasteiger partial charge >= 0.3 is 0 Å². The second-order valence-corrected chi connectivity index (χ2v) is 4.48. The first-order valence-corrected chi connectivity index (χ1v) is 5.73. The second kappa shape index (κ2) is 4.83. The molecule has 2 N–H and O–H groups in total. The molecule has 5 nitrogen and oxygen atoms in total. The van der Waals surface area contributed by atoms with E-state index >= 15 is 0 Å². The van der Waals surface area contributed by atoms with E-state index in [1.54, 1.807) is 12.3 Å². The van der Waals surface area contributed by atoms with Crippen LogP contribution in [0.3, 0.4) is 0 Å². The molecule has 0 amide bonds. The molecule has 0 aliphatic carbocycles. The molecule has 2 heterocycles. The molecule has 1 aliphatic rings. The second-order valence-electron chi connectivity index (χ2n) is 4.48. The minimum absolute atomic E-state index is 0.0370. The maximum Gasteiger partial charge on any atom is 0.226 e. The number of hydrogen-bond donors (Lipinski definition) is 1. The molecule has 0 saturated carbocycles. The number of anilines is 2. The summed E-state index contributed by atoms with van der Waals surface area (Å²) in [5, 5.41) is 0. The van der Waals surface area contributed by atoms with Gasteiger partial charge in [0.15, 0.2) is 0 Å². The number of nitrogens with two attached hydrogens (primary N) is 1. The summed E-state index contributed by atoms with van der Waals surface area (Å²) < 4.78 is 13.4. The van der Waals surface area contributed by atoms with Crippen molar-refractivity contribution in [2.45, 2.75) is 18.6 Å². The third-order valence-electron chi connectivity index (χ3n) is 2.96. The van der Waals surface area contributed by atoms with Gasteiger partial charge in [-0.05, 0) is 6.07 Å². The lowest BCUT2D eigenvalue weighted by atomic mass is 10.2. The lowest BCUT2D eigenvalue weighted by Crippen LogP contribution is -2.36. The highest BCUT2D eigenvalue weighted by atomic mass is 19.1. The van der Waals surface area contributed by atoms with E-state index in [4.69, 9.17) is 5.73 Å². The lowest BCUT2D eigenvalue weighted by molar-refractivity contribution is 0.356. The van der Waals surface area contributed by atoms with Crippen molar-refractivity contribution in [3.63, 3.8) is 0 Å². The van der Waals surface area contributed by atoms with Crippen molar-refractivity contribution in [1.82, 2.24) is 9.97 Å². The molecule has 0 unspecified atom stereocenters. The number of alkyl halides is 1. The summed E-state index contributed by atoms with van der Waals surface area (Å²) in [5.41, 5.74) is 5.66. The zero-order chi connectivity index (χ0) is 12.4. The van der Waals surface area contributed by atoms with Crippen molar-refractivity contribution in [3.8, 4) is 0 Å². The normalized spacial score (nSPS) is 24.1. The third kappa shape index (κ3) is 2.46. The van der Waals surface area contributed by atoms with Gasteiger partial charge in [-0.2, -0.15) is 4.98 Å². The number of aromatic nitrogens is 2. The van der Waals surface area contributed by atoms with Crippen LogP contribution in [0.1, 0.15) is 6.42 Å². The molecule has 6 heteroatoms. The number of halogens is 1. The number of hydrogen-bond acceptors (Lipinski definition) is 5. The zero-order valence-electron chi connectivity index (χ0n) is 10.2. The van der Waals surface area contributed by atoms with Crippen LogP contribution in [-0.4, -0.2) is 49.4 Å². The van der Waals surface area contributed by atoms with E-state index in [1.165, 1.54) is 0 Å². The molecule has 0 spiro atoms. The van der Waals surface area contributed by atoms with Crippen molar-refractivity contribution >= 4 is 11.8 Å². The minimum atomic E-state index is -0.818. The Balaban J connectivity index is 2.24. The first kappa shape index (κ1) is 12.0. The van der Waals surface area contributed by atoms with Gasteiger partial charge in [0.25, 0.3) is 0 Å². The highest BCUT2D eigenvalue weighted by molar-refractivity contribution is 5.45. The van der Waals surface area contributed by atoms with Gasteiger partial charge in [0.1, 0.15) is 12.0 Å². The topological polar surface area (TPSA) is 58.3 Å². The van der Waals surface area contributed by atoms with Crippen LogP contribution >= 0.6 is 0 Å². The monoisotopic (exact) mass is 239 g/mol. The van der Waals surface area contributed by atoms with Crippen LogP contribution in [0.5, 0.6) is 0 Å². The third-order valence-corrected chi connectivity index (χ3v) is 2.96. The zero-order valence-corrected chi connectivity index (χ0v) is 10.2. The Kier molecular flexibility index (Phi) is 3.42. The summed E-state index contributed by atoms with van der Waals surface area (Å²) >= 11 is 0. The van der Waals surface area contributed by atoms with Gasteiger partial charge in [-0.1, -0.05) is 0 Å². The molecule has 1 aromatic heterocycles. The Hall–Kier alpha value is -1.43. The first-order valence-electron chi connectivity index (χ1n) is 5.73. The van der Waals surface area contributed by atoms with Crippen LogP contribution in [0.2, 0.25) is 0 Å². The molecule has 94 valence electrons. The van der Waals surface area contributed by atoms with E-state index in [2.05, 4.69) is 9.97 Å². The van der Waals surface area contributed by atoms with Gasteiger partial charge in [0, 0.05) is 39.3 Å². The fraction of sp³-hybridized carbons (Fsp3) is 0.636. The summed E-state index contributed by atoms with van der Waals surface area (Å²) in [5.74, 6) is 1.37. The Morgan fingerprint density at radius 3 is 3.00 bits per heavy atom. The summed E-state index contributed by atoms with van der Waals surface area (Å²) in [4.78, 5) is 12.3. The first-order chi connectivity index (χ1) is 8.11. The molecular formula is C11H18FN5. The van der Waals surface area contributed by atoms with E-state index in [0.717, 1.165) is 5.82 Å². The summed E-state index contributed by atoms with van der Waals surface area (Å²) in [7, 11) is 3.75. The Morgan fingerprint density at radius 1 is 1.59 bits per heavy atom. The van der Waals surface area contributed by atoms with Crippen molar-refractivity contribution < 1.29 is 4.39 Å². The predicted octanol–water partition coefficient (Wildman–Crippen LogP) is 0.418. The van der Waals surface area contributed by atoms with E-state index in [1.807, 2.05) is 23.9 Å². The maximum absolute atomic E-state index is 13.4. The molecule has 2 rings (SSSR count). The lowest BCUT2D eigenvalue weighted by Gasteiger charge is -2.24. The smallest absolute Gasteiger partial charge is 0.226 e. The van der Waals surface area contributed by atoms with Crippen LogP contribution in [0.4, 0.5) is 16.2 Å². The molecule has 1 aliphatic heterocycles. The maximum atomic E-state index is 13.4. The van der Waals surface area contributed by atoms with Crippen molar-refractivity contribution in [3.05, 3.63) is 12.3 Å². The van der Waals surface area contributed by atoms with E-state index in [0.29, 0.717) is 25.5 Å². The number of nitrogens with zero attached hydrogens (tertiary/aromatic N) is 4. The minimum Gasteiger partial charge on any atom is -0.349 e. The van der Waals surface area contributed by atoms with Crippen LogP contribution in [0, 0.1) is 0 Å². The molecule has 2 atom stereocenters. The van der Waals surface area contributed by atoms with Crippen LogP contribution in [-0.2, 0) is 0 Å². The Labute approximate surface area is 100 Å². The van der Waals surface area contributed by atoms with Crippen molar-refractivity contribution in [2.75, 3.05) is 37.0 Å². The van der Waals surface area contributed by atoms with Crippen LogP contribution < -0.4 is 15.5 Å². The van der Waals surface area contributed by atoms with Crippen molar-refractivity contribution in [2.24, 2.45) is 5.73 Å². The number of rotatable bonds is 3.